The van der Waals surface area contributed by atoms with E-state index in [9.17, 15) is 0 Å². The summed E-state index contributed by atoms with van der Waals surface area (Å²) in [7, 11) is 1.95. The molecule has 0 fully saturated rings. The van der Waals surface area contributed by atoms with Crippen molar-refractivity contribution in [2.75, 3.05) is 11.9 Å². The van der Waals surface area contributed by atoms with Crippen molar-refractivity contribution in [1.29, 1.82) is 0 Å². The molecule has 1 aromatic carbocycles. The van der Waals surface area contributed by atoms with E-state index in [2.05, 4.69) is 29.0 Å². The zero-order valence-electron chi connectivity index (χ0n) is 10.1. The molecular weight excluding hydrogens is 212 g/mol. The van der Waals surface area contributed by atoms with Gasteiger partial charge in [-0.15, -0.1) is 0 Å². The van der Waals surface area contributed by atoms with Gasteiger partial charge in [0.2, 0.25) is 5.95 Å². The van der Waals surface area contributed by atoms with Crippen LogP contribution < -0.4 is 10.6 Å². The number of rotatable bonds is 3. The first-order valence-corrected chi connectivity index (χ1v) is 5.53. The molecule has 0 aliphatic carbocycles. The monoisotopic (exact) mass is 228 g/mol. The van der Waals surface area contributed by atoms with Crippen molar-refractivity contribution in [3.8, 4) is 0 Å². The summed E-state index contributed by atoms with van der Waals surface area (Å²) in [4.78, 5) is 10.6. The largest absolute Gasteiger partial charge is 0.325 e. The number of nitrogens with zero attached hydrogens (tertiary/aromatic N) is 3. The van der Waals surface area contributed by atoms with Crippen LogP contribution in [0.1, 0.15) is 11.3 Å². The lowest BCUT2D eigenvalue weighted by Crippen LogP contribution is -2.14. The van der Waals surface area contributed by atoms with Gasteiger partial charge in [0.25, 0.3) is 0 Å². The Kier molecular flexibility index (Phi) is 3.35. The smallest absolute Gasteiger partial charge is 0.229 e. The van der Waals surface area contributed by atoms with Crippen molar-refractivity contribution in [2.24, 2.45) is 5.73 Å². The summed E-state index contributed by atoms with van der Waals surface area (Å²) in [5, 5.41) is 0. The minimum absolute atomic E-state index is 0.428. The first kappa shape index (κ1) is 11.5. The average molecular weight is 228 g/mol. The highest BCUT2D eigenvalue weighted by Crippen LogP contribution is 2.20. The lowest BCUT2D eigenvalue weighted by Gasteiger charge is -2.17. The number of aromatic nitrogens is 2. The zero-order valence-corrected chi connectivity index (χ0v) is 10.1. The van der Waals surface area contributed by atoms with Gasteiger partial charge in [0, 0.05) is 25.5 Å². The summed E-state index contributed by atoms with van der Waals surface area (Å²) in [5.74, 6) is 0.665. The Balaban J connectivity index is 2.33. The van der Waals surface area contributed by atoms with Gasteiger partial charge in [-0.2, -0.15) is 0 Å². The van der Waals surface area contributed by atoms with Crippen molar-refractivity contribution in [2.45, 2.75) is 13.5 Å². The van der Waals surface area contributed by atoms with Gasteiger partial charge in [-0.05, 0) is 30.7 Å². The van der Waals surface area contributed by atoms with Crippen LogP contribution in [0.2, 0.25) is 0 Å². The van der Waals surface area contributed by atoms with Crippen LogP contribution in [0, 0.1) is 6.92 Å². The molecule has 2 rings (SSSR count). The second kappa shape index (κ2) is 4.93. The highest BCUT2D eigenvalue weighted by Gasteiger charge is 2.07. The molecule has 0 bridgehead atoms. The van der Waals surface area contributed by atoms with Crippen molar-refractivity contribution in [1.82, 2.24) is 9.97 Å². The number of hydrogen-bond donors (Lipinski definition) is 1. The Morgan fingerprint density at radius 1 is 1.29 bits per heavy atom. The van der Waals surface area contributed by atoms with Gasteiger partial charge in [-0.25, -0.2) is 9.97 Å². The molecule has 17 heavy (non-hydrogen) atoms. The lowest BCUT2D eigenvalue weighted by molar-refractivity contribution is 0.938. The SMILES string of the molecule is Cc1cccc(N(C)c2nccc(CN)n2)c1. The first-order valence-electron chi connectivity index (χ1n) is 5.53. The minimum Gasteiger partial charge on any atom is -0.325 e. The maximum absolute atomic E-state index is 5.57. The Hall–Kier alpha value is -1.94. The Morgan fingerprint density at radius 2 is 2.12 bits per heavy atom. The Morgan fingerprint density at radius 3 is 2.82 bits per heavy atom. The van der Waals surface area contributed by atoms with Gasteiger partial charge in [0.15, 0.2) is 0 Å². The van der Waals surface area contributed by atoms with E-state index in [1.54, 1.807) is 6.20 Å². The number of aryl methyl sites for hydroxylation is 1. The number of hydrogen-bond acceptors (Lipinski definition) is 4. The Bertz CT molecular complexity index is 510. The molecule has 0 saturated heterocycles. The van der Waals surface area contributed by atoms with E-state index in [4.69, 9.17) is 5.73 Å². The molecule has 0 unspecified atom stereocenters. The molecule has 0 amide bonds. The summed E-state index contributed by atoms with van der Waals surface area (Å²) in [5.41, 5.74) is 8.70. The highest BCUT2D eigenvalue weighted by atomic mass is 15.2. The van der Waals surface area contributed by atoms with Crippen LogP contribution in [0.5, 0.6) is 0 Å². The van der Waals surface area contributed by atoms with E-state index in [0.717, 1.165) is 11.4 Å². The summed E-state index contributed by atoms with van der Waals surface area (Å²) in [6, 6.07) is 10.0. The third-order valence-corrected chi connectivity index (χ3v) is 2.60. The molecule has 4 nitrogen and oxygen atoms in total. The minimum atomic E-state index is 0.428. The predicted octanol–water partition coefficient (Wildman–Crippen LogP) is 2.01. The molecule has 4 heteroatoms. The van der Waals surface area contributed by atoms with Crippen LogP contribution in [0.25, 0.3) is 0 Å². The molecule has 0 saturated carbocycles. The van der Waals surface area contributed by atoms with Gasteiger partial charge < -0.3 is 10.6 Å². The molecule has 1 heterocycles. The first-order chi connectivity index (χ1) is 8.20. The topological polar surface area (TPSA) is 55.0 Å². The van der Waals surface area contributed by atoms with Gasteiger partial charge in [-0.1, -0.05) is 12.1 Å². The van der Waals surface area contributed by atoms with Gasteiger partial charge in [0.05, 0.1) is 5.69 Å². The average Bonchev–Trinajstić information content (AvgIpc) is 2.38. The molecule has 2 N–H and O–H groups in total. The fraction of sp³-hybridized carbons (Fsp3) is 0.231. The molecule has 0 aliphatic rings. The number of nitrogens with two attached hydrogens (primary N) is 1. The van der Waals surface area contributed by atoms with Crippen molar-refractivity contribution >= 4 is 11.6 Å². The highest BCUT2D eigenvalue weighted by molar-refractivity contribution is 5.57. The van der Waals surface area contributed by atoms with Gasteiger partial charge in [-0.3, -0.25) is 0 Å². The van der Waals surface area contributed by atoms with Crippen LogP contribution in [-0.2, 0) is 6.54 Å². The molecule has 0 aliphatic heterocycles. The second-order valence-corrected chi connectivity index (χ2v) is 3.95. The van der Waals surface area contributed by atoms with Crippen molar-refractivity contribution in [3.05, 3.63) is 47.8 Å². The summed E-state index contributed by atoms with van der Waals surface area (Å²) in [6.45, 7) is 2.49. The van der Waals surface area contributed by atoms with Crippen molar-refractivity contribution < 1.29 is 0 Å². The van der Waals surface area contributed by atoms with E-state index >= 15 is 0 Å². The zero-order chi connectivity index (χ0) is 12.3. The molecule has 2 aromatic rings. The van der Waals surface area contributed by atoms with Gasteiger partial charge in [0.1, 0.15) is 0 Å². The van der Waals surface area contributed by atoms with Crippen LogP contribution in [-0.4, -0.2) is 17.0 Å². The van der Waals surface area contributed by atoms with Crippen LogP contribution >= 0.6 is 0 Å². The maximum Gasteiger partial charge on any atom is 0.229 e. The van der Waals surface area contributed by atoms with Crippen molar-refractivity contribution in [3.63, 3.8) is 0 Å². The van der Waals surface area contributed by atoms with Crippen LogP contribution in [0.4, 0.5) is 11.6 Å². The Labute approximate surface area is 101 Å². The second-order valence-electron chi connectivity index (χ2n) is 3.95. The predicted molar refractivity (Wildman–Crippen MR) is 69.2 cm³/mol. The third kappa shape index (κ3) is 2.60. The van der Waals surface area contributed by atoms with E-state index < -0.39 is 0 Å². The summed E-state index contributed by atoms with van der Waals surface area (Å²) in [6.07, 6.45) is 1.73. The standard InChI is InChI=1S/C13H16N4/c1-10-4-3-5-12(8-10)17(2)13-15-7-6-11(9-14)16-13/h3-8H,9,14H2,1-2H3. The van der Waals surface area contributed by atoms with E-state index in [-0.39, 0.29) is 0 Å². The molecule has 0 atom stereocenters. The molecule has 0 spiro atoms. The fourth-order valence-corrected chi connectivity index (χ4v) is 1.61. The van der Waals surface area contributed by atoms with Crippen LogP contribution in [0.15, 0.2) is 36.5 Å². The normalized spacial score (nSPS) is 10.3. The fourth-order valence-electron chi connectivity index (χ4n) is 1.61. The number of benzene rings is 1. The van der Waals surface area contributed by atoms with E-state index in [0.29, 0.717) is 12.5 Å². The summed E-state index contributed by atoms with van der Waals surface area (Å²) >= 11 is 0. The molecule has 0 radical (unpaired) electrons. The quantitative estimate of drug-likeness (QED) is 0.873. The molecular formula is C13H16N4. The van der Waals surface area contributed by atoms with Gasteiger partial charge >= 0.3 is 0 Å². The lowest BCUT2D eigenvalue weighted by atomic mass is 10.2. The number of anilines is 2. The third-order valence-electron chi connectivity index (χ3n) is 2.60. The maximum atomic E-state index is 5.57. The molecule has 1 aromatic heterocycles. The molecule has 88 valence electrons. The summed E-state index contributed by atoms with van der Waals surface area (Å²) < 4.78 is 0. The van der Waals surface area contributed by atoms with E-state index in [1.165, 1.54) is 5.56 Å². The van der Waals surface area contributed by atoms with E-state index in [1.807, 2.05) is 30.1 Å². The van der Waals surface area contributed by atoms with Crippen LogP contribution in [0.3, 0.4) is 0 Å².